The first-order chi connectivity index (χ1) is 7.74. The molecule has 0 saturated carbocycles. The summed E-state index contributed by atoms with van der Waals surface area (Å²) >= 11 is 0. The summed E-state index contributed by atoms with van der Waals surface area (Å²) < 4.78 is 26.8. The first-order valence-corrected chi connectivity index (χ1v) is 7.07. The number of hydrazine groups is 1. The van der Waals surface area contributed by atoms with Gasteiger partial charge < -0.3 is 10.1 Å². The monoisotopic (exact) mass is 266 g/mol. The standard InChI is InChI=1S/C9H22N4O3S/c1-9(2,17(4,14)15)7-12-8(13-10)11-5-6-16-3/h5-7,10H2,1-4H3,(H2,11,12,13). The van der Waals surface area contributed by atoms with Gasteiger partial charge in [0.25, 0.3) is 0 Å². The smallest absolute Gasteiger partial charge is 0.205 e. The lowest BCUT2D eigenvalue weighted by molar-refractivity contribution is 0.203. The number of nitrogens with two attached hydrogens (primary N) is 1. The van der Waals surface area contributed by atoms with Gasteiger partial charge in [-0.15, -0.1) is 0 Å². The molecule has 0 rings (SSSR count). The summed E-state index contributed by atoms with van der Waals surface area (Å²) in [4.78, 5) is 4.09. The molecular formula is C9H22N4O3S. The highest BCUT2D eigenvalue weighted by atomic mass is 32.2. The Bertz CT molecular complexity index is 351. The molecule has 4 N–H and O–H groups in total. The molecule has 102 valence electrons. The minimum Gasteiger partial charge on any atom is -0.383 e. The largest absolute Gasteiger partial charge is 0.383 e. The van der Waals surface area contributed by atoms with Crippen LogP contribution in [0, 0.1) is 0 Å². The van der Waals surface area contributed by atoms with Crippen LogP contribution in [0.4, 0.5) is 0 Å². The van der Waals surface area contributed by atoms with Crippen LogP contribution in [0.2, 0.25) is 0 Å². The van der Waals surface area contributed by atoms with Crippen molar-refractivity contribution in [1.29, 1.82) is 0 Å². The molecule has 0 amide bonds. The van der Waals surface area contributed by atoms with E-state index >= 15 is 0 Å². The molecule has 0 aliphatic heterocycles. The number of nitrogens with one attached hydrogen (secondary N) is 2. The van der Waals surface area contributed by atoms with E-state index in [9.17, 15) is 8.42 Å². The summed E-state index contributed by atoms with van der Waals surface area (Å²) in [6.07, 6.45) is 1.19. The Morgan fingerprint density at radius 1 is 1.47 bits per heavy atom. The maximum atomic E-state index is 11.5. The van der Waals surface area contributed by atoms with Gasteiger partial charge >= 0.3 is 0 Å². The first kappa shape index (κ1) is 16.1. The fraction of sp³-hybridized carbons (Fsp3) is 0.889. The molecule has 0 aromatic rings. The number of ether oxygens (including phenoxy) is 1. The van der Waals surface area contributed by atoms with Crippen molar-refractivity contribution in [2.24, 2.45) is 10.8 Å². The average molecular weight is 266 g/mol. The minimum atomic E-state index is -3.16. The molecular weight excluding hydrogens is 244 g/mol. The van der Waals surface area contributed by atoms with E-state index in [1.165, 1.54) is 6.26 Å². The van der Waals surface area contributed by atoms with Crippen molar-refractivity contribution >= 4 is 15.8 Å². The van der Waals surface area contributed by atoms with Crippen molar-refractivity contribution in [3.8, 4) is 0 Å². The average Bonchev–Trinajstić information content (AvgIpc) is 2.21. The maximum absolute atomic E-state index is 11.5. The zero-order chi connectivity index (χ0) is 13.5. The third-order valence-electron chi connectivity index (χ3n) is 2.36. The first-order valence-electron chi connectivity index (χ1n) is 5.18. The predicted molar refractivity (Wildman–Crippen MR) is 68.4 cm³/mol. The van der Waals surface area contributed by atoms with Crippen LogP contribution in [-0.2, 0) is 14.6 Å². The van der Waals surface area contributed by atoms with Gasteiger partial charge in [-0.05, 0) is 13.8 Å². The number of rotatable bonds is 6. The topological polar surface area (TPSA) is 106 Å². The zero-order valence-corrected chi connectivity index (χ0v) is 11.6. The predicted octanol–water partition coefficient (Wildman–Crippen LogP) is -1.14. The molecule has 0 fully saturated rings. The summed E-state index contributed by atoms with van der Waals surface area (Å²) in [6.45, 7) is 4.42. The lowest BCUT2D eigenvalue weighted by Gasteiger charge is -2.20. The van der Waals surface area contributed by atoms with Crippen LogP contribution >= 0.6 is 0 Å². The molecule has 0 aliphatic rings. The van der Waals surface area contributed by atoms with Gasteiger partial charge in [0.1, 0.15) is 0 Å². The summed E-state index contributed by atoms with van der Waals surface area (Å²) in [7, 11) is -1.58. The second-order valence-corrected chi connectivity index (χ2v) is 6.91. The van der Waals surface area contributed by atoms with E-state index < -0.39 is 14.6 Å². The van der Waals surface area contributed by atoms with E-state index in [0.29, 0.717) is 19.1 Å². The van der Waals surface area contributed by atoms with Gasteiger partial charge in [-0.25, -0.2) is 14.3 Å². The van der Waals surface area contributed by atoms with Crippen molar-refractivity contribution in [2.45, 2.75) is 18.6 Å². The van der Waals surface area contributed by atoms with Crippen LogP contribution in [0.15, 0.2) is 4.99 Å². The summed E-state index contributed by atoms with van der Waals surface area (Å²) in [5.74, 6) is 5.61. The minimum absolute atomic E-state index is 0.130. The molecule has 0 bridgehead atoms. The van der Waals surface area contributed by atoms with E-state index in [2.05, 4.69) is 15.7 Å². The number of guanidine groups is 1. The van der Waals surface area contributed by atoms with E-state index in [1.54, 1.807) is 21.0 Å². The van der Waals surface area contributed by atoms with Crippen LogP contribution < -0.4 is 16.6 Å². The summed E-state index contributed by atoms with van der Waals surface area (Å²) in [5, 5.41) is 2.89. The Kier molecular flexibility index (Phi) is 6.43. The molecule has 0 aliphatic carbocycles. The number of hydrogen-bond acceptors (Lipinski definition) is 5. The van der Waals surface area contributed by atoms with Gasteiger partial charge in [0, 0.05) is 19.9 Å². The normalized spacial score (nSPS) is 13.6. The number of methoxy groups -OCH3 is 1. The third kappa shape index (κ3) is 5.85. The molecule has 0 saturated heterocycles. The number of aliphatic imine (C=N–C) groups is 1. The highest BCUT2D eigenvalue weighted by molar-refractivity contribution is 7.92. The molecule has 0 heterocycles. The van der Waals surface area contributed by atoms with Crippen molar-refractivity contribution in [3.63, 3.8) is 0 Å². The lowest BCUT2D eigenvalue weighted by Crippen LogP contribution is -2.44. The fourth-order valence-corrected chi connectivity index (χ4v) is 1.11. The molecule has 0 unspecified atom stereocenters. The fourth-order valence-electron chi connectivity index (χ4n) is 0.811. The second kappa shape index (κ2) is 6.77. The van der Waals surface area contributed by atoms with Gasteiger partial charge in [0.05, 0.1) is 17.9 Å². The highest BCUT2D eigenvalue weighted by Gasteiger charge is 2.29. The molecule has 0 spiro atoms. The van der Waals surface area contributed by atoms with Crippen LogP contribution in [0.1, 0.15) is 13.8 Å². The summed E-state index contributed by atoms with van der Waals surface area (Å²) in [6, 6.07) is 0. The zero-order valence-electron chi connectivity index (χ0n) is 10.8. The lowest BCUT2D eigenvalue weighted by atomic mass is 10.2. The van der Waals surface area contributed by atoms with E-state index in [1.807, 2.05) is 0 Å². The Balaban J connectivity index is 4.46. The molecule has 17 heavy (non-hydrogen) atoms. The quantitative estimate of drug-likeness (QED) is 0.185. The van der Waals surface area contributed by atoms with Crippen LogP contribution in [0.3, 0.4) is 0 Å². The molecule has 0 radical (unpaired) electrons. The van der Waals surface area contributed by atoms with Gasteiger partial charge in [0.15, 0.2) is 9.84 Å². The van der Waals surface area contributed by atoms with Crippen LogP contribution in [-0.4, -0.2) is 52.2 Å². The van der Waals surface area contributed by atoms with Gasteiger partial charge in [-0.2, -0.15) is 0 Å². The number of nitrogens with zero attached hydrogens (tertiary/aromatic N) is 1. The van der Waals surface area contributed by atoms with Crippen LogP contribution in [0.25, 0.3) is 0 Å². The van der Waals surface area contributed by atoms with Crippen molar-refractivity contribution in [1.82, 2.24) is 10.7 Å². The molecule has 8 heteroatoms. The molecule has 0 atom stereocenters. The Morgan fingerprint density at radius 2 is 2.06 bits per heavy atom. The highest BCUT2D eigenvalue weighted by Crippen LogP contribution is 2.14. The van der Waals surface area contributed by atoms with E-state index in [-0.39, 0.29) is 6.54 Å². The van der Waals surface area contributed by atoms with Gasteiger partial charge in [-0.3, -0.25) is 10.4 Å². The number of hydrogen-bond donors (Lipinski definition) is 3. The van der Waals surface area contributed by atoms with Gasteiger partial charge in [0.2, 0.25) is 5.96 Å². The van der Waals surface area contributed by atoms with Gasteiger partial charge in [-0.1, -0.05) is 0 Å². The van der Waals surface area contributed by atoms with Crippen molar-refractivity contribution < 1.29 is 13.2 Å². The van der Waals surface area contributed by atoms with Crippen LogP contribution in [0.5, 0.6) is 0 Å². The Hall–Kier alpha value is -0.860. The SMILES string of the molecule is COCCNC(=NCC(C)(C)S(C)(=O)=O)NN. The third-order valence-corrected chi connectivity index (χ3v) is 4.49. The molecule has 7 nitrogen and oxygen atoms in total. The Labute approximate surface area is 103 Å². The molecule has 0 aromatic heterocycles. The Morgan fingerprint density at radius 3 is 2.47 bits per heavy atom. The van der Waals surface area contributed by atoms with E-state index in [4.69, 9.17) is 10.6 Å². The number of sulfone groups is 1. The maximum Gasteiger partial charge on any atom is 0.205 e. The second-order valence-electron chi connectivity index (χ2n) is 4.26. The van der Waals surface area contributed by atoms with Crippen molar-refractivity contribution in [2.75, 3.05) is 33.1 Å². The summed E-state index contributed by atoms with van der Waals surface area (Å²) in [5.41, 5.74) is 2.37. The van der Waals surface area contributed by atoms with E-state index in [0.717, 1.165) is 0 Å². The molecule has 0 aromatic carbocycles. The van der Waals surface area contributed by atoms with Crippen molar-refractivity contribution in [3.05, 3.63) is 0 Å².